The molecule has 0 atom stereocenters. The van der Waals surface area contributed by atoms with Crippen LogP contribution in [0.1, 0.15) is 16.2 Å². The van der Waals surface area contributed by atoms with Crippen LogP contribution < -0.4 is 10.1 Å². The molecule has 24 heavy (non-hydrogen) atoms. The van der Waals surface area contributed by atoms with E-state index in [2.05, 4.69) is 15.3 Å². The Morgan fingerprint density at radius 3 is 2.88 bits per heavy atom. The third-order valence-corrected chi connectivity index (χ3v) is 4.53. The van der Waals surface area contributed by atoms with Crippen LogP contribution in [-0.2, 0) is 13.6 Å². The zero-order valence-electron chi connectivity index (χ0n) is 13.7. The van der Waals surface area contributed by atoms with Gasteiger partial charge in [-0.15, -0.1) is 0 Å². The highest BCUT2D eigenvalue weighted by molar-refractivity contribution is 7.98. The van der Waals surface area contributed by atoms with E-state index in [9.17, 15) is 4.79 Å². The largest absolute Gasteiger partial charge is 0.496 e. The van der Waals surface area contributed by atoms with Gasteiger partial charge in [-0.2, -0.15) is 0 Å². The summed E-state index contributed by atoms with van der Waals surface area (Å²) in [5.41, 5.74) is 1.99. The topological polar surface area (TPSA) is 69.0 Å². The van der Waals surface area contributed by atoms with Crippen LogP contribution in [0.2, 0.25) is 0 Å². The van der Waals surface area contributed by atoms with Crippen LogP contribution in [0, 0.1) is 0 Å². The smallest absolute Gasteiger partial charge is 0.270 e. The molecule has 0 radical (unpaired) electrons. The van der Waals surface area contributed by atoms with Gasteiger partial charge in [0, 0.05) is 18.5 Å². The highest BCUT2D eigenvalue weighted by atomic mass is 32.2. The first kappa shape index (κ1) is 16.3. The van der Waals surface area contributed by atoms with Crippen molar-refractivity contribution in [1.29, 1.82) is 0 Å². The lowest BCUT2D eigenvalue weighted by molar-refractivity contribution is 0.0945. The predicted octanol–water partition coefficient (Wildman–Crippen LogP) is 2.63. The van der Waals surface area contributed by atoms with Crippen molar-refractivity contribution in [3.8, 4) is 5.75 Å². The fraction of sp³-hybridized carbons (Fsp3) is 0.235. The molecular formula is C17H18N4O2S. The first-order valence-electron chi connectivity index (χ1n) is 7.40. The Bertz CT molecular complexity index is 891. The van der Waals surface area contributed by atoms with Crippen LogP contribution in [0.15, 0.2) is 41.7 Å². The summed E-state index contributed by atoms with van der Waals surface area (Å²) >= 11 is 1.56. The summed E-state index contributed by atoms with van der Waals surface area (Å²) in [7, 11) is 3.51. The number of benzene rings is 1. The molecule has 3 rings (SSSR count). The van der Waals surface area contributed by atoms with Crippen LogP contribution in [0.25, 0.3) is 10.9 Å². The maximum Gasteiger partial charge on any atom is 0.270 e. The minimum absolute atomic E-state index is 0.244. The SMILES string of the molecule is COc1cc(C(=O)NCc2cnc(SC)n2C)nc2ccccc12. The van der Waals surface area contributed by atoms with Gasteiger partial charge in [0.25, 0.3) is 5.91 Å². The van der Waals surface area contributed by atoms with Gasteiger partial charge < -0.3 is 14.6 Å². The first-order valence-corrected chi connectivity index (χ1v) is 8.63. The van der Waals surface area contributed by atoms with Gasteiger partial charge in [-0.1, -0.05) is 23.9 Å². The highest BCUT2D eigenvalue weighted by Crippen LogP contribution is 2.25. The van der Waals surface area contributed by atoms with Crippen LogP contribution >= 0.6 is 11.8 Å². The number of carbonyl (C=O) groups excluding carboxylic acids is 1. The average molecular weight is 342 g/mol. The Morgan fingerprint density at radius 1 is 1.38 bits per heavy atom. The predicted molar refractivity (Wildman–Crippen MR) is 94.5 cm³/mol. The summed E-state index contributed by atoms with van der Waals surface area (Å²) in [5.74, 6) is 0.391. The standard InChI is InChI=1S/C17H18N4O2S/c1-21-11(10-19-17(21)24-3)9-18-16(22)14-8-15(23-2)12-6-4-5-7-13(12)20-14/h4-8,10H,9H2,1-3H3,(H,18,22). The maximum absolute atomic E-state index is 12.5. The van der Waals surface area contributed by atoms with E-state index < -0.39 is 0 Å². The highest BCUT2D eigenvalue weighted by Gasteiger charge is 2.13. The number of carbonyl (C=O) groups is 1. The molecule has 1 N–H and O–H groups in total. The third-order valence-electron chi connectivity index (χ3n) is 3.79. The molecule has 0 bridgehead atoms. The Kier molecular flexibility index (Phi) is 4.71. The second-order valence-electron chi connectivity index (χ2n) is 5.20. The van der Waals surface area contributed by atoms with Gasteiger partial charge in [0.05, 0.1) is 31.1 Å². The molecule has 2 aromatic heterocycles. The molecule has 0 fully saturated rings. The molecule has 6 nitrogen and oxygen atoms in total. The van der Waals surface area contributed by atoms with Gasteiger partial charge in [-0.25, -0.2) is 9.97 Å². The van der Waals surface area contributed by atoms with Crippen LogP contribution in [0.3, 0.4) is 0 Å². The van der Waals surface area contributed by atoms with Crippen molar-refractivity contribution in [2.75, 3.05) is 13.4 Å². The van der Waals surface area contributed by atoms with Crippen LogP contribution in [0.5, 0.6) is 5.75 Å². The molecule has 2 heterocycles. The number of thioether (sulfide) groups is 1. The van der Waals surface area contributed by atoms with Crippen molar-refractivity contribution >= 4 is 28.6 Å². The number of fused-ring (bicyclic) bond motifs is 1. The number of ether oxygens (including phenoxy) is 1. The van der Waals surface area contributed by atoms with Crippen LogP contribution in [-0.4, -0.2) is 33.8 Å². The van der Waals surface area contributed by atoms with E-state index in [1.54, 1.807) is 31.1 Å². The van der Waals surface area contributed by atoms with Crippen molar-refractivity contribution in [3.63, 3.8) is 0 Å². The Hall–Kier alpha value is -2.54. The second kappa shape index (κ2) is 6.92. The number of nitrogens with zero attached hydrogens (tertiary/aromatic N) is 3. The summed E-state index contributed by atoms with van der Waals surface area (Å²) in [6.07, 6.45) is 3.73. The number of nitrogens with one attached hydrogen (secondary N) is 1. The number of amides is 1. The molecule has 0 saturated heterocycles. The molecule has 1 amide bonds. The minimum Gasteiger partial charge on any atom is -0.496 e. The molecular weight excluding hydrogens is 324 g/mol. The molecule has 0 aliphatic rings. The zero-order chi connectivity index (χ0) is 17.1. The molecule has 1 aromatic carbocycles. The van der Waals surface area contributed by atoms with E-state index in [1.165, 1.54) is 0 Å². The van der Waals surface area contributed by atoms with E-state index in [0.717, 1.165) is 21.8 Å². The number of hydrogen-bond acceptors (Lipinski definition) is 5. The lowest BCUT2D eigenvalue weighted by Gasteiger charge is -2.09. The summed E-state index contributed by atoms with van der Waals surface area (Å²) in [4.78, 5) is 21.2. The third kappa shape index (κ3) is 3.07. The number of rotatable bonds is 5. The molecule has 0 aliphatic heterocycles. The Balaban J connectivity index is 1.82. The number of para-hydroxylation sites is 1. The number of pyridine rings is 1. The second-order valence-corrected chi connectivity index (χ2v) is 5.98. The normalized spacial score (nSPS) is 10.8. The molecule has 3 aromatic rings. The molecule has 0 aliphatic carbocycles. The maximum atomic E-state index is 12.5. The Morgan fingerprint density at radius 2 is 2.17 bits per heavy atom. The lowest BCUT2D eigenvalue weighted by atomic mass is 10.1. The Labute approximate surface area is 144 Å². The monoisotopic (exact) mass is 342 g/mol. The van der Waals surface area contributed by atoms with Crippen molar-refractivity contribution in [1.82, 2.24) is 19.9 Å². The van der Waals surface area contributed by atoms with Gasteiger partial charge >= 0.3 is 0 Å². The minimum atomic E-state index is -0.244. The summed E-state index contributed by atoms with van der Waals surface area (Å²) < 4.78 is 7.34. The molecule has 0 unspecified atom stereocenters. The van der Waals surface area contributed by atoms with E-state index in [0.29, 0.717) is 18.0 Å². The number of hydrogen-bond donors (Lipinski definition) is 1. The summed E-state index contributed by atoms with van der Waals surface area (Å²) in [6, 6.07) is 9.24. The van der Waals surface area contributed by atoms with Gasteiger partial charge in [0.1, 0.15) is 11.4 Å². The zero-order valence-corrected chi connectivity index (χ0v) is 14.6. The van der Waals surface area contributed by atoms with Crippen molar-refractivity contribution < 1.29 is 9.53 Å². The average Bonchev–Trinajstić information content (AvgIpc) is 2.98. The summed E-state index contributed by atoms with van der Waals surface area (Å²) in [5, 5.41) is 4.67. The molecule has 7 heteroatoms. The van der Waals surface area contributed by atoms with Gasteiger partial charge in [0.2, 0.25) is 0 Å². The van der Waals surface area contributed by atoms with E-state index in [1.807, 2.05) is 42.1 Å². The number of imidazole rings is 1. The number of aromatic nitrogens is 3. The van der Waals surface area contributed by atoms with Crippen molar-refractivity contribution in [2.45, 2.75) is 11.7 Å². The van der Waals surface area contributed by atoms with E-state index in [4.69, 9.17) is 4.74 Å². The van der Waals surface area contributed by atoms with E-state index in [-0.39, 0.29) is 5.91 Å². The van der Waals surface area contributed by atoms with Crippen LogP contribution in [0.4, 0.5) is 0 Å². The molecule has 124 valence electrons. The van der Waals surface area contributed by atoms with Crippen molar-refractivity contribution in [3.05, 3.63) is 47.9 Å². The van der Waals surface area contributed by atoms with Gasteiger partial charge in [-0.05, 0) is 18.4 Å². The molecule has 0 spiro atoms. The fourth-order valence-electron chi connectivity index (χ4n) is 2.47. The van der Waals surface area contributed by atoms with E-state index >= 15 is 0 Å². The van der Waals surface area contributed by atoms with Crippen molar-refractivity contribution in [2.24, 2.45) is 7.05 Å². The summed E-state index contributed by atoms with van der Waals surface area (Å²) in [6.45, 7) is 0.389. The fourth-order valence-corrected chi connectivity index (χ4v) is 3.02. The van der Waals surface area contributed by atoms with Gasteiger partial charge in [0.15, 0.2) is 5.16 Å². The van der Waals surface area contributed by atoms with Gasteiger partial charge in [-0.3, -0.25) is 4.79 Å². The molecule has 0 saturated carbocycles. The number of methoxy groups -OCH3 is 1. The lowest BCUT2D eigenvalue weighted by Crippen LogP contribution is -2.25. The quantitative estimate of drug-likeness (QED) is 0.722. The first-order chi connectivity index (χ1) is 11.6.